The van der Waals surface area contributed by atoms with E-state index in [1.54, 1.807) is 31.2 Å². The Hall–Kier alpha value is -2.12. The highest BCUT2D eigenvalue weighted by molar-refractivity contribution is 6.07. The molecular weight excluding hydrogens is 332 g/mol. The van der Waals surface area contributed by atoms with Crippen molar-refractivity contribution in [3.8, 4) is 0 Å². The summed E-state index contributed by atoms with van der Waals surface area (Å²) >= 11 is 0. The maximum atomic E-state index is 12.3. The van der Waals surface area contributed by atoms with Gasteiger partial charge in [0.1, 0.15) is 5.54 Å². The van der Waals surface area contributed by atoms with Gasteiger partial charge in [0.05, 0.1) is 0 Å². The minimum Gasteiger partial charge on any atom is -0.328 e. The third-order valence-electron chi connectivity index (χ3n) is 4.60. The molecule has 2 aliphatic rings. The molecule has 7 nitrogen and oxygen atoms in total. The van der Waals surface area contributed by atoms with Gasteiger partial charge in [-0.05, 0) is 43.9 Å². The largest absolute Gasteiger partial charge is 0.328 e. The zero-order valence-corrected chi connectivity index (χ0v) is 14.1. The highest BCUT2D eigenvalue weighted by Crippen LogP contribution is 2.28. The molecule has 0 aromatic heterocycles. The first-order chi connectivity index (χ1) is 10.9. The molecule has 8 heteroatoms. The molecule has 0 bridgehead atoms. The van der Waals surface area contributed by atoms with Gasteiger partial charge in [-0.1, -0.05) is 12.1 Å². The van der Waals surface area contributed by atoms with Crippen molar-refractivity contribution in [1.82, 2.24) is 10.6 Å². The fraction of sp³-hybridized carbons (Fsp3) is 0.438. The van der Waals surface area contributed by atoms with Crippen LogP contribution in [0.25, 0.3) is 0 Å². The van der Waals surface area contributed by atoms with Crippen molar-refractivity contribution >= 4 is 35.9 Å². The van der Waals surface area contributed by atoms with Gasteiger partial charge in [-0.2, -0.15) is 0 Å². The molecule has 130 valence electrons. The van der Waals surface area contributed by atoms with E-state index in [0.717, 1.165) is 12.8 Å². The second kappa shape index (κ2) is 6.78. The maximum Gasteiger partial charge on any atom is 0.322 e. The molecule has 3 atom stereocenters. The Morgan fingerprint density at radius 2 is 2.08 bits per heavy atom. The Bertz CT molecular complexity index is 681. The van der Waals surface area contributed by atoms with Crippen molar-refractivity contribution < 1.29 is 14.4 Å². The lowest BCUT2D eigenvalue weighted by atomic mass is 9.92. The van der Waals surface area contributed by atoms with E-state index in [1.165, 1.54) is 0 Å². The van der Waals surface area contributed by atoms with Crippen LogP contribution in [-0.4, -0.2) is 23.9 Å². The average Bonchev–Trinajstić information content (AvgIpc) is 3.04. The number of rotatable bonds is 3. The van der Waals surface area contributed by atoms with Crippen LogP contribution in [0.3, 0.4) is 0 Å². The second-order valence-corrected chi connectivity index (χ2v) is 6.37. The van der Waals surface area contributed by atoms with E-state index in [1.807, 2.05) is 0 Å². The summed E-state index contributed by atoms with van der Waals surface area (Å²) in [7, 11) is 0. The number of nitrogens with two attached hydrogens (primary N) is 1. The molecule has 3 unspecified atom stereocenters. The number of carbonyl (C=O) groups is 3. The quantitative estimate of drug-likeness (QED) is 0.612. The van der Waals surface area contributed by atoms with Crippen LogP contribution in [0.1, 0.15) is 31.7 Å². The number of anilines is 1. The van der Waals surface area contributed by atoms with Gasteiger partial charge in [-0.15, -0.1) is 12.4 Å². The average molecular weight is 353 g/mol. The Labute approximate surface area is 146 Å². The Morgan fingerprint density at radius 3 is 2.67 bits per heavy atom. The molecular formula is C16H21ClN4O3. The van der Waals surface area contributed by atoms with E-state index < -0.39 is 17.5 Å². The van der Waals surface area contributed by atoms with E-state index in [4.69, 9.17) is 5.73 Å². The monoisotopic (exact) mass is 352 g/mol. The van der Waals surface area contributed by atoms with E-state index in [9.17, 15) is 14.4 Å². The molecule has 1 aromatic carbocycles. The number of halogens is 1. The van der Waals surface area contributed by atoms with Gasteiger partial charge in [0.15, 0.2) is 0 Å². The summed E-state index contributed by atoms with van der Waals surface area (Å²) in [5.74, 6) is -0.536. The number of carbonyl (C=O) groups excluding carboxylic acids is 3. The van der Waals surface area contributed by atoms with Crippen LogP contribution >= 0.6 is 12.4 Å². The number of amides is 4. The third kappa shape index (κ3) is 3.37. The van der Waals surface area contributed by atoms with Crippen molar-refractivity contribution in [1.29, 1.82) is 0 Å². The molecule has 2 fully saturated rings. The van der Waals surface area contributed by atoms with Crippen LogP contribution in [0.4, 0.5) is 10.5 Å². The number of urea groups is 1. The topological polar surface area (TPSA) is 113 Å². The minimum absolute atomic E-state index is 0. The van der Waals surface area contributed by atoms with Crippen LogP contribution in [0.5, 0.6) is 0 Å². The fourth-order valence-corrected chi connectivity index (χ4v) is 3.15. The Kier molecular flexibility index (Phi) is 5.15. The van der Waals surface area contributed by atoms with Gasteiger partial charge in [0, 0.05) is 17.6 Å². The first-order valence-electron chi connectivity index (χ1n) is 7.69. The lowest BCUT2D eigenvalue weighted by Crippen LogP contribution is -2.40. The number of hydrogen-bond acceptors (Lipinski definition) is 4. The lowest BCUT2D eigenvalue weighted by Gasteiger charge is -2.22. The molecule has 1 aliphatic carbocycles. The minimum atomic E-state index is -1.13. The van der Waals surface area contributed by atoms with Crippen molar-refractivity contribution in [3.63, 3.8) is 0 Å². The number of nitrogens with one attached hydrogen (secondary N) is 3. The Balaban J connectivity index is 0.00000208. The summed E-state index contributed by atoms with van der Waals surface area (Å²) < 4.78 is 0. The van der Waals surface area contributed by atoms with Crippen molar-refractivity contribution in [2.24, 2.45) is 11.7 Å². The maximum absolute atomic E-state index is 12.3. The smallest absolute Gasteiger partial charge is 0.322 e. The lowest BCUT2D eigenvalue weighted by molar-refractivity contribution is -0.123. The molecule has 1 saturated heterocycles. The van der Waals surface area contributed by atoms with E-state index >= 15 is 0 Å². The van der Waals surface area contributed by atoms with E-state index in [0.29, 0.717) is 17.7 Å². The van der Waals surface area contributed by atoms with E-state index in [2.05, 4.69) is 16.0 Å². The van der Waals surface area contributed by atoms with Crippen LogP contribution in [0.2, 0.25) is 0 Å². The zero-order valence-electron chi connectivity index (χ0n) is 13.3. The van der Waals surface area contributed by atoms with Gasteiger partial charge in [-0.3, -0.25) is 14.9 Å². The molecule has 24 heavy (non-hydrogen) atoms. The van der Waals surface area contributed by atoms with Gasteiger partial charge in [-0.25, -0.2) is 4.79 Å². The Morgan fingerprint density at radius 1 is 1.33 bits per heavy atom. The van der Waals surface area contributed by atoms with Crippen molar-refractivity contribution in [2.75, 3.05) is 5.32 Å². The van der Waals surface area contributed by atoms with Crippen LogP contribution in [0.15, 0.2) is 24.3 Å². The third-order valence-corrected chi connectivity index (χ3v) is 4.60. The predicted molar refractivity (Wildman–Crippen MR) is 91.7 cm³/mol. The number of hydrogen-bond donors (Lipinski definition) is 4. The summed E-state index contributed by atoms with van der Waals surface area (Å²) in [4.78, 5) is 35.6. The summed E-state index contributed by atoms with van der Waals surface area (Å²) in [5.41, 5.74) is 5.93. The molecule has 1 heterocycles. The first-order valence-corrected chi connectivity index (χ1v) is 7.69. The molecule has 0 spiro atoms. The first kappa shape index (κ1) is 18.2. The highest BCUT2D eigenvalue weighted by Gasteiger charge is 2.43. The summed E-state index contributed by atoms with van der Waals surface area (Å²) in [6.45, 7) is 1.63. The fourth-order valence-electron chi connectivity index (χ4n) is 3.15. The SMILES string of the molecule is CC1(c2cccc(NC(=O)C3CCC(N)C3)c2)NC(=O)NC1=O.Cl. The number of benzene rings is 1. The highest BCUT2D eigenvalue weighted by atomic mass is 35.5. The molecule has 1 saturated carbocycles. The predicted octanol–water partition coefficient (Wildman–Crippen LogP) is 1.23. The van der Waals surface area contributed by atoms with Crippen molar-refractivity contribution in [3.05, 3.63) is 29.8 Å². The second-order valence-electron chi connectivity index (χ2n) is 6.37. The standard InChI is InChI=1S/C16H20N4O3.ClH/c1-16(14(22)19-15(23)20-16)10-3-2-4-12(8-10)18-13(21)9-5-6-11(17)7-9;/h2-4,8-9,11H,5-7,17H2,1H3,(H,18,21)(H2,19,20,22,23);1H. The molecule has 4 amide bonds. The summed E-state index contributed by atoms with van der Waals surface area (Å²) in [6, 6.07) is 6.52. The zero-order chi connectivity index (χ0) is 16.6. The summed E-state index contributed by atoms with van der Waals surface area (Å²) in [6.07, 6.45) is 2.35. The van der Waals surface area contributed by atoms with Gasteiger partial charge in [0.25, 0.3) is 5.91 Å². The van der Waals surface area contributed by atoms with Crippen LogP contribution < -0.4 is 21.7 Å². The molecule has 3 rings (SSSR count). The molecule has 1 aromatic rings. The van der Waals surface area contributed by atoms with E-state index in [-0.39, 0.29) is 30.3 Å². The molecule has 0 radical (unpaired) electrons. The molecule has 1 aliphatic heterocycles. The van der Waals surface area contributed by atoms with Gasteiger partial charge < -0.3 is 16.4 Å². The summed E-state index contributed by atoms with van der Waals surface area (Å²) in [5, 5.41) is 7.71. The van der Waals surface area contributed by atoms with Crippen LogP contribution in [-0.2, 0) is 15.1 Å². The van der Waals surface area contributed by atoms with Gasteiger partial charge in [0.2, 0.25) is 5.91 Å². The van der Waals surface area contributed by atoms with Crippen LogP contribution in [0, 0.1) is 5.92 Å². The normalized spacial score (nSPS) is 28.8. The van der Waals surface area contributed by atoms with Gasteiger partial charge >= 0.3 is 6.03 Å². The van der Waals surface area contributed by atoms with Crippen molar-refractivity contribution in [2.45, 2.75) is 37.8 Å². The number of imide groups is 1. The molecule has 5 N–H and O–H groups in total.